The van der Waals surface area contributed by atoms with Gasteiger partial charge in [0.25, 0.3) is 0 Å². The molecule has 2 rings (SSSR count). The lowest BCUT2D eigenvalue weighted by Gasteiger charge is -2.48. The van der Waals surface area contributed by atoms with Crippen molar-refractivity contribution in [3.05, 3.63) is 0 Å². The molecule has 0 aromatic heterocycles. The normalized spacial score (nSPS) is 38.6. The molecule has 4 nitrogen and oxygen atoms in total. The molecule has 4 unspecified atom stereocenters. The van der Waals surface area contributed by atoms with Gasteiger partial charge in [0.05, 0.1) is 17.6 Å². The van der Waals surface area contributed by atoms with Crippen molar-refractivity contribution in [3.63, 3.8) is 0 Å². The maximum atomic E-state index is 11.6. The Hall–Kier alpha value is -0.610. The maximum Gasteiger partial charge on any atom is 0.308 e. The van der Waals surface area contributed by atoms with Crippen LogP contribution < -0.4 is 0 Å². The molecule has 0 aromatic carbocycles. The highest BCUT2D eigenvalue weighted by Gasteiger charge is 2.42. The van der Waals surface area contributed by atoms with E-state index in [4.69, 9.17) is 4.74 Å². The number of nitrogens with zero attached hydrogens (tertiary/aromatic N) is 1. The molecule has 0 spiro atoms. The van der Waals surface area contributed by atoms with E-state index in [2.05, 4.69) is 32.6 Å². The van der Waals surface area contributed by atoms with Crippen LogP contribution in [-0.2, 0) is 9.53 Å². The molecule has 4 heteroatoms. The summed E-state index contributed by atoms with van der Waals surface area (Å²) in [6.07, 6.45) is 4.25. The van der Waals surface area contributed by atoms with Gasteiger partial charge in [-0.05, 0) is 46.0 Å². The Morgan fingerprint density at radius 3 is 2.65 bits per heavy atom. The highest BCUT2D eigenvalue weighted by molar-refractivity contribution is 5.71. The standard InChI is InChI=1S/C16H29NO3/c1-5-12-6-7-13(15(18)19)14(8-12)17-9-11(2)20-16(3,4)10-17/h11-14H,5-10H2,1-4H3,(H,18,19). The van der Waals surface area contributed by atoms with E-state index < -0.39 is 5.97 Å². The SMILES string of the molecule is CCC1CCC(C(=O)O)C(N2CC(C)OC(C)(C)C2)C1. The summed E-state index contributed by atoms with van der Waals surface area (Å²) < 4.78 is 5.95. The van der Waals surface area contributed by atoms with E-state index in [1.807, 2.05) is 0 Å². The fourth-order valence-electron chi connectivity index (χ4n) is 4.05. The number of ether oxygens (including phenoxy) is 1. The number of aliphatic carboxylic acids is 1. The Kier molecular flexibility index (Phi) is 4.75. The van der Waals surface area contributed by atoms with E-state index >= 15 is 0 Å². The van der Waals surface area contributed by atoms with Crippen LogP contribution in [0, 0.1) is 11.8 Å². The molecule has 4 atom stereocenters. The second kappa shape index (κ2) is 6.02. The number of carboxylic acids is 1. The van der Waals surface area contributed by atoms with Crippen molar-refractivity contribution >= 4 is 5.97 Å². The van der Waals surface area contributed by atoms with Gasteiger partial charge < -0.3 is 9.84 Å². The fourth-order valence-corrected chi connectivity index (χ4v) is 4.05. The Bertz CT molecular complexity index is 356. The molecule has 2 fully saturated rings. The number of hydrogen-bond donors (Lipinski definition) is 1. The molecule has 1 aliphatic heterocycles. The van der Waals surface area contributed by atoms with Crippen LogP contribution in [0.4, 0.5) is 0 Å². The third-order valence-electron chi connectivity index (χ3n) is 4.88. The predicted octanol–water partition coefficient (Wildman–Crippen LogP) is 2.77. The average molecular weight is 283 g/mol. The van der Waals surface area contributed by atoms with Crippen LogP contribution in [0.25, 0.3) is 0 Å². The topological polar surface area (TPSA) is 49.8 Å². The van der Waals surface area contributed by atoms with E-state index in [1.165, 1.54) is 0 Å². The molecule has 0 radical (unpaired) electrons. The van der Waals surface area contributed by atoms with Crippen molar-refractivity contribution in [2.45, 2.75) is 71.1 Å². The molecular weight excluding hydrogens is 254 g/mol. The van der Waals surface area contributed by atoms with Crippen LogP contribution in [0.15, 0.2) is 0 Å². The van der Waals surface area contributed by atoms with Gasteiger partial charge >= 0.3 is 5.97 Å². The van der Waals surface area contributed by atoms with Gasteiger partial charge in [0, 0.05) is 19.1 Å². The van der Waals surface area contributed by atoms with Crippen molar-refractivity contribution < 1.29 is 14.6 Å². The van der Waals surface area contributed by atoms with Crippen LogP contribution in [0.3, 0.4) is 0 Å². The van der Waals surface area contributed by atoms with Gasteiger partial charge in [-0.3, -0.25) is 9.69 Å². The molecule has 116 valence electrons. The van der Waals surface area contributed by atoms with Crippen LogP contribution in [0.2, 0.25) is 0 Å². The van der Waals surface area contributed by atoms with Crippen molar-refractivity contribution in [2.24, 2.45) is 11.8 Å². The Balaban J connectivity index is 2.14. The van der Waals surface area contributed by atoms with Crippen molar-refractivity contribution in [1.82, 2.24) is 4.90 Å². The largest absolute Gasteiger partial charge is 0.481 e. The summed E-state index contributed by atoms with van der Waals surface area (Å²) in [4.78, 5) is 14.0. The molecule has 0 bridgehead atoms. The minimum Gasteiger partial charge on any atom is -0.481 e. The number of carbonyl (C=O) groups is 1. The summed E-state index contributed by atoms with van der Waals surface area (Å²) >= 11 is 0. The van der Waals surface area contributed by atoms with Crippen LogP contribution >= 0.6 is 0 Å². The lowest BCUT2D eigenvalue weighted by Crippen LogP contribution is -2.58. The molecule has 1 heterocycles. The molecule has 0 amide bonds. The van der Waals surface area contributed by atoms with Gasteiger partial charge in [-0.1, -0.05) is 13.3 Å². The summed E-state index contributed by atoms with van der Waals surface area (Å²) in [5, 5.41) is 9.54. The summed E-state index contributed by atoms with van der Waals surface area (Å²) in [5.41, 5.74) is -0.181. The summed E-state index contributed by atoms with van der Waals surface area (Å²) in [6, 6.07) is 0.178. The fraction of sp³-hybridized carbons (Fsp3) is 0.938. The molecular formula is C16H29NO3. The molecule has 1 aliphatic carbocycles. The highest BCUT2D eigenvalue weighted by atomic mass is 16.5. The Morgan fingerprint density at radius 2 is 2.10 bits per heavy atom. The van der Waals surface area contributed by atoms with Gasteiger partial charge in [-0.25, -0.2) is 0 Å². The van der Waals surface area contributed by atoms with Crippen LogP contribution in [-0.4, -0.2) is 46.8 Å². The monoisotopic (exact) mass is 283 g/mol. The van der Waals surface area contributed by atoms with E-state index in [0.717, 1.165) is 38.8 Å². The second-order valence-corrected chi connectivity index (χ2v) is 7.22. The van der Waals surface area contributed by atoms with Gasteiger partial charge in [0.2, 0.25) is 0 Å². The van der Waals surface area contributed by atoms with E-state index in [-0.39, 0.29) is 23.7 Å². The minimum atomic E-state index is -0.624. The molecule has 1 N–H and O–H groups in total. The Morgan fingerprint density at radius 1 is 1.40 bits per heavy atom. The second-order valence-electron chi connectivity index (χ2n) is 7.22. The van der Waals surface area contributed by atoms with Crippen molar-refractivity contribution in [2.75, 3.05) is 13.1 Å². The summed E-state index contributed by atoms with van der Waals surface area (Å²) in [6.45, 7) is 10.2. The van der Waals surface area contributed by atoms with Gasteiger partial charge in [0.15, 0.2) is 0 Å². The first-order chi connectivity index (χ1) is 9.32. The van der Waals surface area contributed by atoms with Crippen molar-refractivity contribution in [3.8, 4) is 0 Å². The van der Waals surface area contributed by atoms with Gasteiger partial charge in [0.1, 0.15) is 0 Å². The first kappa shape index (κ1) is 15.8. The number of rotatable bonds is 3. The number of morpholine rings is 1. The Labute approximate surface area is 122 Å². The molecule has 0 aromatic rings. The van der Waals surface area contributed by atoms with Crippen LogP contribution in [0.5, 0.6) is 0 Å². The average Bonchev–Trinajstić information content (AvgIpc) is 2.35. The smallest absolute Gasteiger partial charge is 0.308 e. The lowest BCUT2D eigenvalue weighted by molar-refractivity contribution is -0.161. The van der Waals surface area contributed by atoms with Crippen molar-refractivity contribution in [1.29, 1.82) is 0 Å². The first-order valence-electron chi connectivity index (χ1n) is 7.97. The van der Waals surface area contributed by atoms with Crippen LogP contribution in [0.1, 0.15) is 53.4 Å². The van der Waals surface area contributed by atoms with E-state index in [0.29, 0.717) is 5.92 Å². The third kappa shape index (κ3) is 3.53. The molecule has 2 aliphatic rings. The van der Waals surface area contributed by atoms with E-state index in [1.54, 1.807) is 0 Å². The predicted molar refractivity (Wildman–Crippen MR) is 78.7 cm³/mol. The minimum absolute atomic E-state index is 0.176. The van der Waals surface area contributed by atoms with Gasteiger partial charge in [-0.2, -0.15) is 0 Å². The molecule has 1 saturated carbocycles. The summed E-state index contributed by atoms with van der Waals surface area (Å²) in [7, 11) is 0. The quantitative estimate of drug-likeness (QED) is 0.865. The van der Waals surface area contributed by atoms with E-state index in [9.17, 15) is 9.90 Å². The third-order valence-corrected chi connectivity index (χ3v) is 4.88. The summed E-state index contributed by atoms with van der Waals surface area (Å²) in [5.74, 6) is -0.155. The highest BCUT2D eigenvalue weighted by Crippen LogP contribution is 2.36. The lowest BCUT2D eigenvalue weighted by atomic mass is 9.76. The maximum absolute atomic E-state index is 11.6. The number of carboxylic acid groups (broad SMARTS) is 1. The first-order valence-corrected chi connectivity index (χ1v) is 7.97. The zero-order chi connectivity index (χ0) is 14.9. The zero-order valence-corrected chi connectivity index (χ0v) is 13.3. The van der Waals surface area contributed by atoms with Gasteiger partial charge in [-0.15, -0.1) is 0 Å². The number of hydrogen-bond acceptors (Lipinski definition) is 3. The molecule has 1 saturated heterocycles. The zero-order valence-electron chi connectivity index (χ0n) is 13.3. The molecule has 20 heavy (non-hydrogen) atoms.